The van der Waals surface area contributed by atoms with Crippen LogP contribution in [0.4, 0.5) is 0 Å². The molecule has 0 heterocycles. The third kappa shape index (κ3) is 12.5. The molecular weight excluding hydrogens is 600 g/mol. The number of benzene rings is 2. The molecular formula is C42H58O6. The van der Waals surface area contributed by atoms with Crippen LogP contribution in [-0.4, -0.2) is 37.4 Å². The lowest BCUT2D eigenvalue weighted by Crippen LogP contribution is -2.30. The minimum Gasteiger partial charge on any atom is -0.490 e. The Morgan fingerprint density at radius 2 is 0.958 bits per heavy atom. The van der Waals surface area contributed by atoms with Crippen molar-refractivity contribution in [3.8, 4) is 11.5 Å². The van der Waals surface area contributed by atoms with Crippen LogP contribution >= 0.6 is 0 Å². The number of carbonyl (C=O) groups is 2. The van der Waals surface area contributed by atoms with Gasteiger partial charge in [0.05, 0.1) is 11.1 Å². The molecule has 0 aliphatic heterocycles. The Bertz CT molecular complexity index is 1180. The maximum atomic E-state index is 12.8. The zero-order valence-corrected chi connectivity index (χ0v) is 29.7. The van der Waals surface area contributed by atoms with Crippen LogP contribution in [0.15, 0.2) is 72.8 Å². The van der Waals surface area contributed by atoms with Gasteiger partial charge in [-0.25, -0.2) is 9.59 Å². The van der Waals surface area contributed by atoms with Crippen molar-refractivity contribution in [3.05, 3.63) is 84.0 Å². The van der Waals surface area contributed by atoms with Gasteiger partial charge in [-0.2, -0.15) is 0 Å². The van der Waals surface area contributed by atoms with E-state index in [1.807, 2.05) is 0 Å². The molecule has 48 heavy (non-hydrogen) atoms. The van der Waals surface area contributed by atoms with Gasteiger partial charge in [-0.15, -0.1) is 0 Å². The summed E-state index contributed by atoms with van der Waals surface area (Å²) in [6.07, 6.45) is 23.3. The molecule has 0 unspecified atom stereocenters. The van der Waals surface area contributed by atoms with Gasteiger partial charge in [0.2, 0.25) is 0 Å². The average molecular weight is 659 g/mol. The lowest BCUT2D eigenvalue weighted by molar-refractivity contribution is -0.0239. The second-order valence-electron chi connectivity index (χ2n) is 13.9. The number of allylic oxidation sites excluding steroid dienone is 2. The van der Waals surface area contributed by atoms with Crippen LogP contribution in [0.1, 0.15) is 125 Å². The van der Waals surface area contributed by atoms with Crippen molar-refractivity contribution >= 4 is 11.9 Å². The molecule has 0 N–H and O–H groups in total. The van der Waals surface area contributed by atoms with E-state index in [0.717, 1.165) is 11.8 Å². The first-order valence-corrected chi connectivity index (χ1v) is 18.6. The first kappa shape index (κ1) is 37.3. The smallest absolute Gasteiger partial charge is 0.338 e. The predicted octanol–water partition coefficient (Wildman–Crippen LogP) is 10.6. The largest absolute Gasteiger partial charge is 0.490 e. The zero-order chi connectivity index (χ0) is 34.1. The zero-order valence-electron chi connectivity index (χ0n) is 29.7. The van der Waals surface area contributed by atoms with Crippen molar-refractivity contribution < 1.29 is 28.5 Å². The van der Waals surface area contributed by atoms with Gasteiger partial charge < -0.3 is 18.9 Å². The average Bonchev–Trinajstić information content (AvgIpc) is 3.10. The minimum absolute atomic E-state index is 0.414. The molecule has 2 aromatic carbocycles. The normalized spacial score (nSPS) is 22.7. The van der Waals surface area contributed by atoms with Gasteiger partial charge in [-0.1, -0.05) is 63.8 Å². The molecule has 0 spiro atoms. The summed E-state index contributed by atoms with van der Waals surface area (Å²) >= 11 is 0. The molecule has 2 aromatic rings. The van der Waals surface area contributed by atoms with E-state index < -0.39 is 24.1 Å². The molecule has 0 aromatic heterocycles. The van der Waals surface area contributed by atoms with Gasteiger partial charge in [-0.3, -0.25) is 0 Å². The Labute approximate surface area is 289 Å². The van der Waals surface area contributed by atoms with E-state index in [9.17, 15) is 9.59 Å². The number of hydrogen-bond acceptors (Lipinski definition) is 6. The van der Waals surface area contributed by atoms with Crippen LogP contribution in [0.5, 0.6) is 11.5 Å². The summed E-state index contributed by atoms with van der Waals surface area (Å²) < 4.78 is 22.9. The van der Waals surface area contributed by atoms with E-state index in [0.29, 0.717) is 47.7 Å². The van der Waals surface area contributed by atoms with E-state index in [4.69, 9.17) is 18.9 Å². The van der Waals surface area contributed by atoms with Gasteiger partial charge in [0, 0.05) is 0 Å². The highest BCUT2D eigenvalue weighted by molar-refractivity contribution is 5.90. The highest BCUT2D eigenvalue weighted by Crippen LogP contribution is 2.33. The lowest BCUT2D eigenvalue weighted by atomic mass is 9.80. The van der Waals surface area contributed by atoms with E-state index in [2.05, 4.69) is 38.2 Å². The topological polar surface area (TPSA) is 71.1 Å². The van der Waals surface area contributed by atoms with Crippen molar-refractivity contribution in [2.75, 3.05) is 13.2 Å². The Morgan fingerprint density at radius 1 is 0.604 bits per heavy atom. The summed E-state index contributed by atoms with van der Waals surface area (Å²) in [5, 5.41) is 0. The molecule has 2 aliphatic carbocycles. The highest BCUT2D eigenvalue weighted by Gasteiger charge is 2.23. The summed E-state index contributed by atoms with van der Waals surface area (Å²) in [5.74, 6) is 3.58. The molecule has 2 saturated carbocycles. The summed E-state index contributed by atoms with van der Waals surface area (Å²) in [7, 11) is 0. The Kier molecular flexibility index (Phi) is 15.6. The van der Waals surface area contributed by atoms with Crippen LogP contribution in [0, 0.1) is 23.7 Å². The molecule has 0 saturated heterocycles. The molecule has 262 valence electrons. The summed E-state index contributed by atoms with van der Waals surface area (Å²) in [6, 6.07) is 13.9. The van der Waals surface area contributed by atoms with E-state index in [1.54, 1.807) is 62.4 Å². The number of ether oxygens (including phenoxy) is 4. The third-order valence-corrected chi connectivity index (χ3v) is 10.1. The van der Waals surface area contributed by atoms with Crippen LogP contribution in [0.3, 0.4) is 0 Å². The van der Waals surface area contributed by atoms with Crippen LogP contribution in [-0.2, 0) is 9.47 Å². The summed E-state index contributed by atoms with van der Waals surface area (Å²) in [6.45, 7) is 9.00. The van der Waals surface area contributed by atoms with Crippen LogP contribution in [0.25, 0.3) is 0 Å². The minimum atomic E-state index is -0.629. The quantitative estimate of drug-likeness (QED) is 0.124. The van der Waals surface area contributed by atoms with Crippen molar-refractivity contribution in [1.82, 2.24) is 0 Å². The monoisotopic (exact) mass is 658 g/mol. The van der Waals surface area contributed by atoms with Crippen LogP contribution in [0.2, 0.25) is 0 Å². The highest BCUT2D eigenvalue weighted by atomic mass is 16.6. The maximum Gasteiger partial charge on any atom is 0.338 e. The summed E-state index contributed by atoms with van der Waals surface area (Å²) in [4.78, 5) is 25.5. The number of hydrogen-bond donors (Lipinski definition) is 0. The fourth-order valence-electron chi connectivity index (χ4n) is 6.98. The molecule has 6 nitrogen and oxygen atoms in total. The molecule has 0 radical (unpaired) electrons. The Morgan fingerprint density at radius 3 is 1.29 bits per heavy atom. The molecule has 2 fully saturated rings. The predicted molar refractivity (Wildman–Crippen MR) is 193 cm³/mol. The van der Waals surface area contributed by atoms with Gasteiger partial charge >= 0.3 is 11.9 Å². The molecule has 0 bridgehead atoms. The second-order valence-corrected chi connectivity index (χ2v) is 13.9. The van der Waals surface area contributed by atoms with Crippen molar-refractivity contribution in [1.29, 1.82) is 0 Å². The van der Waals surface area contributed by atoms with E-state index in [1.165, 1.54) is 77.0 Å². The third-order valence-electron chi connectivity index (χ3n) is 10.1. The van der Waals surface area contributed by atoms with Crippen molar-refractivity contribution in [3.63, 3.8) is 0 Å². The fraction of sp³-hybridized carbons (Fsp3) is 0.571. The molecule has 4 rings (SSSR count). The van der Waals surface area contributed by atoms with Crippen molar-refractivity contribution in [2.24, 2.45) is 23.7 Å². The van der Waals surface area contributed by atoms with Gasteiger partial charge in [0.25, 0.3) is 0 Å². The molecule has 6 heteroatoms. The molecule has 2 atom stereocenters. The van der Waals surface area contributed by atoms with E-state index >= 15 is 0 Å². The van der Waals surface area contributed by atoms with E-state index in [-0.39, 0.29) is 0 Å². The van der Waals surface area contributed by atoms with Gasteiger partial charge in [0.1, 0.15) is 36.9 Å². The first-order valence-electron chi connectivity index (χ1n) is 18.6. The number of rotatable bonds is 17. The fourth-order valence-corrected chi connectivity index (χ4v) is 6.98. The summed E-state index contributed by atoms with van der Waals surface area (Å²) in [5.41, 5.74) is 0.828. The first-order chi connectivity index (χ1) is 23.3. The number of carbonyl (C=O) groups excluding carboxylic acids is 2. The van der Waals surface area contributed by atoms with Gasteiger partial charge in [-0.05, 0) is 137 Å². The van der Waals surface area contributed by atoms with Gasteiger partial charge in [0.15, 0.2) is 0 Å². The second kappa shape index (κ2) is 20.1. The van der Waals surface area contributed by atoms with Crippen LogP contribution < -0.4 is 9.47 Å². The SMILES string of the molecule is CCC[C@H]1CC[C@H](/C=C/COc2ccc(C(=O)O[C@H](C)[C@@H](C)OC(=O)c3ccc(OC/C=C/[C@H]4CC[C@H](CCC)CC4)cc3)cc2)CC1. The number of esters is 2. The molecule has 0 amide bonds. The maximum absolute atomic E-state index is 12.8. The van der Waals surface area contributed by atoms with Crippen molar-refractivity contribution in [2.45, 2.75) is 117 Å². The molecule has 2 aliphatic rings. The lowest BCUT2D eigenvalue weighted by Gasteiger charge is -2.26. The Balaban J connectivity index is 1.12. The standard InChI is InChI=1S/C42H58O6/c1-5-9-33-13-17-35(18-14-33)11-7-29-45-39-25-21-37(22-26-39)41(43)47-31(3)32(4)48-42(44)38-23-27-40(28-24-38)46-30-8-12-36-19-15-34(10-6-2)16-20-36/h7-8,11-12,21-28,31-36H,5-6,9-10,13-20,29-30H2,1-4H3/b11-7+,12-8+/t31-,32-,33-,34-,35-,36-/m1/s1. The Hall–Kier alpha value is -3.54.